The van der Waals surface area contributed by atoms with E-state index in [0.717, 1.165) is 27.9 Å². The molecule has 3 N–H and O–H groups in total. The number of nitrogens with two attached hydrogens (primary N) is 1. The van der Waals surface area contributed by atoms with Gasteiger partial charge in [-0.2, -0.15) is 0 Å². The lowest BCUT2D eigenvalue weighted by Crippen LogP contribution is -1.94. The standard InChI is InChI=1S/C16H16N2O/c1-11-4-2-5-13(8-11)19-10-12-9-18-16-14(12)6-3-7-15(16)17/h2-9,18H,10,17H2,1H3. The number of benzene rings is 2. The SMILES string of the molecule is Cc1cccc(OCc2c[nH]c3c(N)cccc23)c1. The van der Waals surface area contributed by atoms with Gasteiger partial charge in [0.05, 0.1) is 11.2 Å². The normalized spacial score (nSPS) is 10.8. The Balaban J connectivity index is 1.84. The second kappa shape index (κ2) is 4.69. The molecule has 0 amide bonds. The first-order chi connectivity index (χ1) is 9.24. The van der Waals surface area contributed by atoms with E-state index in [4.69, 9.17) is 10.5 Å². The topological polar surface area (TPSA) is 51.0 Å². The molecule has 2 aromatic carbocycles. The van der Waals surface area contributed by atoms with Crippen molar-refractivity contribution in [3.05, 3.63) is 59.8 Å². The monoisotopic (exact) mass is 252 g/mol. The van der Waals surface area contributed by atoms with E-state index in [2.05, 4.69) is 24.0 Å². The van der Waals surface area contributed by atoms with E-state index in [1.165, 1.54) is 5.56 Å². The summed E-state index contributed by atoms with van der Waals surface area (Å²) in [5.41, 5.74) is 9.97. The van der Waals surface area contributed by atoms with Gasteiger partial charge in [-0.05, 0) is 30.7 Å². The first-order valence-electron chi connectivity index (χ1n) is 6.28. The van der Waals surface area contributed by atoms with Crippen molar-refractivity contribution in [2.24, 2.45) is 0 Å². The summed E-state index contributed by atoms with van der Waals surface area (Å²) in [4.78, 5) is 3.20. The van der Waals surface area contributed by atoms with Crippen molar-refractivity contribution in [3.63, 3.8) is 0 Å². The zero-order chi connectivity index (χ0) is 13.2. The summed E-state index contributed by atoms with van der Waals surface area (Å²) in [5, 5.41) is 1.12. The molecule has 96 valence electrons. The number of fused-ring (bicyclic) bond motifs is 1. The third-order valence-electron chi connectivity index (χ3n) is 3.22. The molecule has 0 aliphatic heterocycles. The predicted octanol–water partition coefficient (Wildman–Crippen LogP) is 3.64. The molecule has 0 saturated carbocycles. The second-order valence-electron chi connectivity index (χ2n) is 4.69. The van der Waals surface area contributed by atoms with Gasteiger partial charge in [-0.1, -0.05) is 24.3 Å². The number of nitrogens with one attached hydrogen (secondary N) is 1. The Morgan fingerprint density at radius 1 is 1.16 bits per heavy atom. The highest BCUT2D eigenvalue weighted by Gasteiger charge is 2.06. The molecule has 0 atom stereocenters. The van der Waals surface area contributed by atoms with Crippen LogP contribution in [-0.4, -0.2) is 4.98 Å². The van der Waals surface area contributed by atoms with E-state index < -0.39 is 0 Å². The summed E-state index contributed by atoms with van der Waals surface area (Å²) in [5.74, 6) is 0.887. The summed E-state index contributed by atoms with van der Waals surface area (Å²) in [6.45, 7) is 2.59. The Morgan fingerprint density at radius 3 is 2.84 bits per heavy atom. The van der Waals surface area contributed by atoms with Crippen LogP contribution in [0.4, 0.5) is 5.69 Å². The molecule has 0 radical (unpaired) electrons. The number of ether oxygens (including phenoxy) is 1. The number of hydrogen-bond donors (Lipinski definition) is 2. The summed E-state index contributed by atoms with van der Waals surface area (Å²) in [6.07, 6.45) is 1.96. The Kier molecular flexibility index (Phi) is 2.88. The average molecular weight is 252 g/mol. The van der Waals surface area contributed by atoms with Crippen LogP contribution in [0.25, 0.3) is 10.9 Å². The number of aromatic amines is 1. The van der Waals surface area contributed by atoms with Gasteiger partial charge in [0, 0.05) is 17.1 Å². The molecule has 3 aromatic rings. The zero-order valence-electron chi connectivity index (χ0n) is 10.8. The third kappa shape index (κ3) is 2.27. The number of rotatable bonds is 3. The summed E-state index contributed by atoms with van der Waals surface area (Å²) >= 11 is 0. The van der Waals surface area contributed by atoms with Gasteiger partial charge in [-0.15, -0.1) is 0 Å². The maximum absolute atomic E-state index is 5.92. The maximum Gasteiger partial charge on any atom is 0.120 e. The molecular weight excluding hydrogens is 236 g/mol. The number of aryl methyl sites for hydroxylation is 1. The minimum Gasteiger partial charge on any atom is -0.489 e. The number of H-pyrrole nitrogens is 1. The molecule has 0 bridgehead atoms. The second-order valence-corrected chi connectivity index (χ2v) is 4.69. The van der Waals surface area contributed by atoms with Crippen molar-refractivity contribution in [1.29, 1.82) is 0 Å². The lowest BCUT2D eigenvalue weighted by molar-refractivity contribution is 0.307. The highest BCUT2D eigenvalue weighted by molar-refractivity contribution is 5.92. The summed E-state index contributed by atoms with van der Waals surface area (Å²) < 4.78 is 5.82. The fraction of sp³-hybridized carbons (Fsp3) is 0.125. The predicted molar refractivity (Wildman–Crippen MR) is 78.2 cm³/mol. The fourth-order valence-corrected chi connectivity index (χ4v) is 2.22. The lowest BCUT2D eigenvalue weighted by Gasteiger charge is -2.06. The smallest absolute Gasteiger partial charge is 0.120 e. The van der Waals surface area contributed by atoms with Crippen LogP contribution in [0.2, 0.25) is 0 Å². The van der Waals surface area contributed by atoms with E-state index in [0.29, 0.717) is 6.61 Å². The number of aromatic nitrogens is 1. The molecule has 19 heavy (non-hydrogen) atoms. The van der Waals surface area contributed by atoms with Crippen LogP contribution in [0.3, 0.4) is 0 Å². The van der Waals surface area contributed by atoms with E-state index in [9.17, 15) is 0 Å². The summed E-state index contributed by atoms with van der Waals surface area (Å²) in [7, 11) is 0. The minimum absolute atomic E-state index is 0.535. The van der Waals surface area contributed by atoms with Gasteiger partial charge in [0.2, 0.25) is 0 Å². The van der Waals surface area contributed by atoms with Gasteiger partial charge < -0.3 is 15.5 Å². The van der Waals surface area contributed by atoms with Crippen LogP contribution in [0.5, 0.6) is 5.75 Å². The fourth-order valence-electron chi connectivity index (χ4n) is 2.22. The van der Waals surface area contributed by atoms with Crippen LogP contribution >= 0.6 is 0 Å². The molecule has 0 saturated heterocycles. The van der Waals surface area contributed by atoms with Gasteiger partial charge in [0.1, 0.15) is 12.4 Å². The Bertz CT molecular complexity index is 716. The van der Waals surface area contributed by atoms with Crippen molar-refractivity contribution in [3.8, 4) is 5.75 Å². The third-order valence-corrected chi connectivity index (χ3v) is 3.22. The molecule has 0 unspecified atom stereocenters. The molecule has 3 rings (SSSR count). The van der Waals surface area contributed by atoms with Gasteiger partial charge >= 0.3 is 0 Å². The molecule has 0 aliphatic carbocycles. The average Bonchev–Trinajstić information content (AvgIpc) is 2.81. The number of para-hydroxylation sites is 1. The van der Waals surface area contributed by atoms with Crippen molar-refractivity contribution in [2.75, 3.05) is 5.73 Å². The van der Waals surface area contributed by atoms with E-state index in [1.54, 1.807) is 0 Å². The first-order valence-corrected chi connectivity index (χ1v) is 6.28. The van der Waals surface area contributed by atoms with Crippen molar-refractivity contribution in [1.82, 2.24) is 4.98 Å². The van der Waals surface area contributed by atoms with Crippen molar-refractivity contribution < 1.29 is 4.74 Å². The van der Waals surface area contributed by atoms with Gasteiger partial charge in [0.25, 0.3) is 0 Å². The molecule has 3 heteroatoms. The van der Waals surface area contributed by atoms with Crippen LogP contribution in [-0.2, 0) is 6.61 Å². The van der Waals surface area contributed by atoms with Crippen LogP contribution in [0, 0.1) is 6.92 Å². The number of hydrogen-bond acceptors (Lipinski definition) is 2. The van der Waals surface area contributed by atoms with Gasteiger partial charge in [-0.3, -0.25) is 0 Å². The van der Waals surface area contributed by atoms with Crippen LogP contribution in [0.15, 0.2) is 48.7 Å². The highest BCUT2D eigenvalue weighted by Crippen LogP contribution is 2.24. The molecule has 1 heterocycles. The highest BCUT2D eigenvalue weighted by atomic mass is 16.5. The Hall–Kier alpha value is -2.42. The largest absolute Gasteiger partial charge is 0.489 e. The Morgan fingerprint density at radius 2 is 2.00 bits per heavy atom. The molecule has 3 nitrogen and oxygen atoms in total. The van der Waals surface area contributed by atoms with E-state index in [-0.39, 0.29) is 0 Å². The maximum atomic E-state index is 5.92. The molecular formula is C16H16N2O. The minimum atomic E-state index is 0.535. The first kappa shape index (κ1) is 11.7. The van der Waals surface area contributed by atoms with E-state index in [1.807, 2.05) is 36.5 Å². The summed E-state index contributed by atoms with van der Waals surface area (Å²) in [6, 6.07) is 14.0. The van der Waals surface area contributed by atoms with E-state index >= 15 is 0 Å². The zero-order valence-corrected chi connectivity index (χ0v) is 10.8. The van der Waals surface area contributed by atoms with Gasteiger partial charge in [-0.25, -0.2) is 0 Å². The van der Waals surface area contributed by atoms with Gasteiger partial charge in [0.15, 0.2) is 0 Å². The number of nitrogen functional groups attached to an aromatic ring is 1. The van der Waals surface area contributed by atoms with Crippen molar-refractivity contribution >= 4 is 16.6 Å². The molecule has 1 aromatic heterocycles. The lowest BCUT2D eigenvalue weighted by atomic mass is 10.1. The quantitative estimate of drug-likeness (QED) is 0.699. The molecule has 0 aliphatic rings. The number of anilines is 1. The van der Waals surface area contributed by atoms with Crippen LogP contribution < -0.4 is 10.5 Å². The van der Waals surface area contributed by atoms with Crippen molar-refractivity contribution in [2.45, 2.75) is 13.5 Å². The molecule has 0 spiro atoms. The molecule has 0 fully saturated rings. The van der Waals surface area contributed by atoms with Crippen LogP contribution in [0.1, 0.15) is 11.1 Å². The Labute approximate surface area is 112 Å².